The van der Waals surface area contributed by atoms with Gasteiger partial charge in [-0.2, -0.15) is 8.78 Å². The number of benzene rings is 2. The van der Waals surface area contributed by atoms with Crippen molar-refractivity contribution in [3.05, 3.63) is 53.1 Å². The molecule has 2 rings (SSSR count). The smallest absolute Gasteiger partial charge is 0.387 e. The molecule has 0 spiro atoms. The molecule has 0 bridgehead atoms. The third kappa shape index (κ3) is 5.91. The number of methoxy groups -OCH3 is 1. The predicted octanol–water partition coefficient (Wildman–Crippen LogP) is 3.88. The average Bonchev–Trinajstić information content (AvgIpc) is 2.53. The maximum atomic E-state index is 12.5. The lowest BCUT2D eigenvalue weighted by atomic mass is 10.1. The molecule has 0 unspecified atom stereocenters. The first-order chi connectivity index (χ1) is 12.4. The Labute approximate surface area is 151 Å². The lowest BCUT2D eigenvalue weighted by Gasteiger charge is -2.11. The predicted molar refractivity (Wildman–Crippen MR) is 99.4 cm³/mol. The van der Waals surface area contributed by atoms with Gasteiger partial charge in [0, 0.05) is 12.2 Å². The van der Waals surface area contributed by atoms with Gasteiger partial charge in [0.15, 0.2) is 17.5 Å². The molecule has 0 aliphatic rings. The summed E-state index contributed by atoms with van der Waals surface area (Å²) < 4.78 is 34.4. The van der Waals surface area contributed by atoms with Crippen LogP contribution in [0.25, 0.3) is 0 Å². The number of alkyl halides is 2. The Bertz CT molecular complexity index is 759. The molecule has 0 fully saturated rings. The molecule has 0 radical (unpaired) electrons. The van der Waals surface area contributed by atoms with Gasteiger partial charge in [0.1, 0.15) is 0 Å². The van der Waals surface area contributed by atoms with E-state index in [-0.39, 0.29) is 11.5 Å². The van der Waals surface area contributed by atoms with Crippen LogP contribution in [-0.4, -0.2) is 26.2 Å². The lowest BCUT2D eigenvalue weighted by molar-refractivity contribution is -0.0512. The van der Waals surface area contributed by atoms with Crippen LogP contribution in [0.5, 0.6) is 11.5 Å². The number of nitrogens with one attached hydrogen (secondary N) is 1. The molecule has 3 N–H and O–H groups in total. The Hall–Kier alpha value is -2.83. The van der Waals surface area contributed by atoms with E-state index in [1.807, 2.05) is 26.0 Å². The summed E-state index contributed by atoms with van der Waals surface area (Å²) >= 11 is 0. The van der Waals surface area contributed by atoms with Crippen molar-refractivity contribution < 1.29 is 18.3 Å². The van der Waals surface area contributed by atoms with Gasteiger partial charge in [0.05, 0.1) is 7.11 Å². The van der Waals surface area contributed by atoms with Crippen LogP contribution in [0.4, 0.5) is 14.5 Å². The average molecular weight is 363 g/mol. The zero-order valence-corrected chi connectivity index (χ0v) is 15.1. The second-order valence-electron chi connectivity index (χ2n) is 5.88. The standard InChI is InChI=1S/C19H23F2N3O2/c1-12-8-13(2)10-15(9-12)24-19(22)23-7-6-14-4-5-16(25-3)17(11-14)26-18(20)21/h4-5,8-11,18H,6-7H2,1-3H3,(H3,22,23,24). The highest BCUT2D eigenvalue weighted by Crippen LogP contribution is 2.29. The van der Waals surface area contributed by atoms with E-state index in [1.165, 1.54) is 13.2 Å². The molecule has 0 amide bonds. The number of hydrogen-bond donors (Lipinski definition) is 2. The minimum absolute atomic E-state index is 0.00492. The Morgan fingerprint density at radius 2 is 1.81 bits per heavy atom. The molecule has 2 aromatic carbocycles. The largest absolute Gasteiger partial charge is 0.493 e. The van der Waals surface area contributed by atoms with E-state index in [0.717, 1.165) is 22.4 Å². The topological polar surface area (TPSA) is 68.9 Å². The fourth-order valence-electron chi connectivity index (χ4n) is 2.60. The Morgan fingerprint density at radius 3 is 2.42 bits per heavy atom. The molecule has 0 aliphatic heterocycles. The second kappa shape index (κ2) is 9.03. The summed E-state index contributed by atoms with van der Waals surface area (Å²) in [5.74, 6) is 0.562. The van der Waals surface area contributed by atoms with Gasteiger partial charge in [-0.25, -0.2) is 0 Å². The number of rotatable bonds is 7. The van der Waals surface area contributed by atoms with Crippen LogP contribution in [0.3, 0.4) is 0 Å². The Kier molecular flexibility index (Phi) is 6.77. The number of aryl methyl sites for hydroxylation is 2. The van der Waals surface area contributed by atoms with Crippen LogP contribution in [-0.2, 0) is 6.42 Å². The number of nitrogens with zero attached hydrogens (tertiary/aromatic N) is 1. The van der Waals surface area contributed by atoms with Crippen molar-refractivity contribution in [2.75, 3.05) is 19.0 Å². The van der Waals surface area contributed by atoms with Gasteiger partial charge >= 0.3 is 6.61 Å². The number of halogens is 2. The molecule has 0 heterocycles. The highest BCUT2D eigenvalue weighted by molar-refractivity contribution is 5.92. The zero-order chi connectivity index (χ0) is 19.1. The molecular weight excluding hydrogens is 340 g/mol. The normalized spacial score (nSPS) is 11.5. The van der Waals surface area contributed by atoms with E-state index in [4.69, 9.17) is 10.5 Å². The maximum absolute atomic E-state index is 12.5. The molecular formula is C19H23F2N3O2. The van der Waals surface area contributed by atoms with Crippen molar-refractivity contribution in [2.24, 2.45) is 10.7 Å². The van der Waals surface area contributed by atoms with Crippen molar-refractivity contribution in [3.63, 3.8) is 0 Å². The Morgan fingerprint density at radius 1 is 1.12 bits per heavy atom. The highest BCUT2D eigenvalue weighted by atomic mass is 19.3. The molecule has 0 aromatic heterocycles. The number of aliphatic imine (C=N–C) groups is 1. The molecule has 140 valence electrons. The van der Waals surface area contributed by atoms with Crippen LogP contribution in [0.1, 0.15) is 16.7 Å². The third-order valence-corrected chi connectivity index (χ3v) is 3.62. The SMILES string of the molecule is COc1ccc(CCN=C(N)Nc2cc(C)cc(C)c2)cc1OC(F)F. The van der Waals surface area contributed by atoms with Crippen molar-refractivity contribution >= 4 is 11.6 Å². The summed E-state index contributed by atoms with van der Waals surface area (Å²) in [7, 11) is 1.40. The summed E-state index contributed by atoms with van der Waals surface area (Å²) in [5, 5.41) is 3.05. The number of anilines is 1. The molecule has 0 atom stereocenters. The van der Waals surface area contributed by atoms with Gasteiger partial charge in [0.25, 0.3) is 0 Å². The molecule has 0 saturated heterocycles. The number of guanidine groups is 1. The minimum Gasteiger partial charge on any atom is -0.493 e. The van der Waals surface area contributed by atoms with Gasteiger partial charge in [-0.05, 0) is 61.2 Å². The number of hydrogen-bond acceptors (Lipinski definition) is 3. The van der Waals surface area contributed by atoms with Gasteiger partial charge in [0.2, 0.25) is 0 Å². The molecule has 0 aliphatic carbocycles. The quantitative estimate of drug-likeness (QED) is 0.579. The monoisotopic (exact) mass is 363 g/mol. The summed E-state index contributed by atoms with van der Waals surface area (Å²) in [6, 6.07) is 10.9. The van der Waals surface area contributed by atoms with Crippen LogP contribution < -0.4 is 20.5 Å². The molecule has 7 heteroatoms. The van der Waals surface area contributed by atoms with E-state index in [0.29, 0.717) is 18.9 Å². The van der Waals surface area contributed by atoms with E-state index in [9.17, 15) is 8.78 Å². The fraction of sp³-hybridized carbons (Fsp3) is 0.316. The van der Waals surface area contributed by atoms with Crippen molar-refractivity contribution in [1.29, 1.82) is 0 Å². The first-order valence-electron chi connectivity index (χ1n) is 8.14. The highest BCUT2D eigenvalue weighted by Gasteiger charge is 2.11. The van der Waals surface area contributed by atoms with Gasteiger partial charge < -0.3 is 20.5 Å². The van der Waals surface area contributed by atoms with Crippen LogP contribution in [0.15, 0.2) is 41.4 Å². The molecule has 26 heavy (non-hydrogen) atoms. The van der Waals surface area contributed by atoms with Crippen molar-refractivity contribution in [1.82, 2.24) is 0 Å². The second-order valence-corrected chi connectivity index (χ2v) is 5.88. The summed E-state index contributed by atoms with van der Waals surface area (Å²) in [6.45, 7) is 1.52. The van der Waals surface area contributed by atoms with Crippen LogP contribution in [0, 0.1) is 13.8 Å². The zero-order valence-electron chi connectivity index (χ0n) is 15.1. The first kappa shape index (κ1) is 19.5. The number of ether oxygens (including phenoxy) is 2. The van der Waals surface area contributed by atoms with E-state index < -0.39 is 6.61 Å². The molecule has 0 saturated carbocycles. The van der Waals surface area contributed by atoms with E-state index in [1.54, 1.807) is 12.1 Å². The third-order valence-electron chi connectivity index (χ3n) is 3.62. The summed E-state index contributed by atoms with van der Waals surface area (Å²) in [4.78, 5) is 4.27. The number of nitrogens with two attached hydrogens (primary N) is 1. The minimum atomic E-state index is -2.91. The Balaban J connectivity index is 1.98. The first-order valence-corrected chi connectivity index (χ1v) is 8.14. The van der Waals surface area contributed by atoms with Gasteiger partial charge in [-0.1, -0.05) is 12.1 Å². The maximum Gasteiger partial charge on any atom is 0.387 e. The van der Waals surface area contributed by atoms with E-state index in [2.05, 4.69) is 21.1 Å². The van der Waals surface area contributed by atoms with Gasteiger partial charge in [-0.3, -0.25) is 4.99 Å². The van der Waals surface area contributed by atoms with E-state index >= 15 is 0 Å². The summed E-state index contributed by atoms with van der Waals surface area (Å²) in [5.41, 5.74) is 9.84. The molecule has 2 aromatic rings. The van der Waals surface area contributed by atoms with Crippen LogP contribution >= 0.6 is 0 Å². The summed E-state index contributed by atoms with van der Waals surface area (Å²) in [6.07, 6.45) is 0.527. The fourth-order valence-corrected chi connectivity index (χ4v) is 2.60. The van der Waals surface area contributed by atoms with Crippen molar-refractivity contribution in [3.8, 4) is 11.5 Å². The van der Waals surface area contributed by atoms with Crippen molar-refractivity contribution in [2.45, 2.75) is 26.9 Å². The lowest BCUT2D eigenvalue weighted by Crippen LogP contribution is -2.23. The molecule has 5 nitrogen and oxygen atoms in total. The van der Waals surface area contributed by atoms with Gasteiger partial charge in [-0.15, -0.1) is 0 Å². The van der Waals surface area contributed by atoms with Crippen LogP contribution in [0.2, 0.25) is 0 Å².